The molecule has 2 aliphatic rings. The number of hydrogen-bond acceptors (Lipinski definition) is 5. The zero-order chi connectivity index (χ0) is 18.9. The maximum absolute atomic E-state index is 13.0. The van der Waals surface area contributed by atoms with E-state index >= 15 is 0 Å². The van der Waals surface area contributed by atoms with Gasteiger partial charge in [0.2, 0.25) is 21.8 Å². The van der Waals surface area contributed by atoms with E-state index in [4.69, 9.17) is 0 Å². The van der Waals surface area contributed by atoms with Crippen LogP contribution in [-0.2, 0) is 26.7 Å². The highest BCUT2D eigenvalue weighted by Crippen LogP contribution is 2.25. The summed E-state index contributed by atoms with van der Waals surface area (Å²) in [6, 6.07) is 0.862. The van der Waals surface area contributed by atoms with Crippen LogP contribution in [0.1, 0.15) is 25.7 Å². The summed E-state index contributed by atoms with van der Waals surface area (Å²) in [6.07, 6.45) is 5.58. The SMILES string of the molecule is Cn1nccc1N1CCC[C@H](N(CC(=O)N2CCCC2)S(C)(=O)=O)C1=O. The molecule has 2 aliphatic heterocycles. The average Bonchev–Trinajstić information content (AvgIpc) is 3.24. The van der Waals surface area contributed by atoms with Crippen LogP contribution in [0.15, 0.2) is 12.3 Å². The maximum Gasteiger partial charge on any atom is 0.246 e. The Kier molecular flexibility index (Phi) is 5.33. The Bertz CT molecular complexity index is 784. The Hall–Kier alpha value is -1.94. The highest BCUT2D eigenvalue weighted by molar-refractivity contribution is 7.88. The van der Waals surface area contributed by atoms with Gasteiger partial charge in [-0.25, -0.2) is 8.42 Å². The minimum absolute atomic E-state index is 0.238. The molecule has 2 saturated heterocycles. The van der Waals surface area contributed by atoms with Crippen LogP contribution in [-0.4, -0.2) is 77.7 Å². The van der Waals surface area contributed by atoms with Crippen molar-refractivity contribution in [2.45, 2.75) is 31.7 Å². The summed E-state index contributed by atoms with van der Waals surface area (Å²) in [7, 11) is -1.97. The van der Waals surface area contributed by atoms with E-state index in [0.717, 1.165) is 23.4 Å². The van der Waals surface area contributed by atoms with Crippen molar-refractivity contribution in [3.05, 3.63) is 12.3 Å². The van der Waals surface area contributed by atoms with Gasteiger partial charge in [-0.15, -0.1) is 0 Å². The molecule has 0 saturated carbocycles. The smallest absolute Gasteiger partial charge is 0.246 e. The van der Waals surface area contributed by atoms with Gasteiger partial charge in [0.25, 0.3) is 0 Å². The number of likely N-dealkylation sites (tertiary alicyclic amines) is 1. The summed E-state index contributed by atoms with van der Waals surface area (Å²) >= 11 is 0. The number of aryl methyl sites for hydroxylation is 1. The van der Waals surface area contributed by atoms with E-state index in [9.17, 15) is 18.0 Å². The summed E-state index contributed by atoms with van der Waals surface area (Å²) in [6.45, 7) is 1.52. The summed E-state index contributed by atoms with van der Waals surface area (Å²) in [5.41, 5.74) is 0. The van der Waals surface area contributed by atoms with Crippen LogP contribution in [0.4, 0.5) is 5.82 Å². The third-order valence-corrected chi connectivity index (χ3v) is 6.24. The summed E-state index contributed by atoms with van der Waals surface area (Å²) < 4.78 is 27.4. The number of aromatic nitrogens is 2. The second-order valence-electron chi connectivity index (χ2n) is 6.86. The molecule has 3 rings (SSSR count). The molecule has 144 valence electrons. The van der Waals surface area contributed by atoms with E-state index in [1.165, 1.54) is 0 Å². The largest absolute Gasteiger partial charge is 0.342 e. The van der Waals surface area contributed by atoms with Gasteiger partial charge in [-0.05, 0) is 25.7 Å². The van der Waals surface area contributed by atoms with Crippen molar-refractivity contribution >= 4 is 27.7 Å². The number of anilines is 1. The minimum atomic E-state index is -3.71. The predicted molar refractivity (Wildman–Crippen MR) is 95.9 cm³/mol. The lowest BCUT2D eigenvalue weighted by molar-refractivity contribution is -0.131. The molecule has 2 amide bonds. The molecular weight excluding hydrogens is 358 g/mol. The Morgan fingerprint density at radius 1 is 1.27 bits per heavy atom. The number of hydrogen-bond donors (Lipinski definition) is 0. The molecular formula is C16H25N5O4S. The highest BCUT2D eigenvalue weighted by atomic mass is 32.2. The third-order valence-electron chi connectivity index (χ3n) is 5.01. The molecule has 0 aliphatic carbocycles. The molecule has 1 aromatic rings. The van der Waals surface area contributed by atoms with Gasteiger partial charge in [0.05, 0.1) is 19.0 Å². The third kappa shape index (κ3) is 3.75. The monoisotopic (exact) mass is 383 g/mol. The van der Waals surface area contributed by atoms with Crippen molar-refractivity contribution < 1.29 is 18.0 Å². The van der Waals surface area contributed by atoms with Crippen molar-refractivity contribution in [1.82, 2.24) is 19.0 Å². The standard InChI is InChI=1S/C16H25N5O4S/c1-18-14(7-8-17-18)20-11-5-6-13(16(20)23)21(26(2,24)25)12-15(22)19-9-3-4-10-19/h7-8,13H,3-6,9-12H2,1-2H3/t13-/m0/s1. The van der Waals surface area contributed by atoms with Crippen molar-refractivity contribution in [3.63, 3.8) is 0 Å². The Balaban J connectivity index is 1.82. The molecule has 9 nitrogen and oxygen atoms in total. The maximum atomic E-state index is 13.0. The second-order valence-corrected chi connectivity index (χ2v) is 8.79. The number of sulfonamides is 1. The van der Waals surface area contributed by atoms with Gasteiger partial charge in [0, 0.05) is 32.7 Å². The van der Waals surface area contributed by atoms with Crippen molar-refractivity contribution in [1.29, 1.82) is 0 Å². The topological polar surface area (TPSA) is 95.8 Å². The van der Waals surface area contributed by atoms with Crippen LogP contribution >= 0.6 is 0 Å². The first-order valence-corrected chi connectivity index (χ1v) is 10.7. The molecule has 0 N–H and O–H groups in total. The minimum Gasteiger partial charge on any atom is -0.342 e. The normalized spacial score (nSPS) is 21.7. The van der Waals surface area contributed by atoms with Gasteiger partial charge < -0.3 is 4.90 Å². The fourth-order valence-corrected chi connectivity index (χ4v) is 4.64. The molecule has 2 fully saturated rings. The molecule has 0 bridgehead atoms. The first-order chi connectivity index (χ1) is 12.3. The van der Waals surface area contributed by atoms with Crippen molar-refractivity contribution in [3.8, 4) is 0 Å². The van der Waals surface area contributed by atoms with Crippen LogP contribution in [0.5, 0.6) is 0 Å². The molecule has 0 aromatic carbocycles. The van der Waals surface area contributed by atoms with E-state index in [-0.39, 0.29) is 18.4 Å². The fourth-order valence-electron chi connectivity index (χ4n) is 3.64. The van der Waals surface area contributed by atoms with Crippen LogP contribution in [0.2, 0.25) is 0 Å². The molecule has 0 radical (unpaired) electrons. The lowest BCUT2D eigenvalue weighted by atomic mass is 10.0. The van der Waals surface area contributed by atoms with Gasteiger partial charge in [-0.2, -0.15) is 9.40 Å². The summed E-state index contributed by atoms with van der Waals surface area (Å²) in [5.74, 6) is 0.0805. The fraction of sp³-hybridized carbons (Fsp3) is 0.688. The predicted octanol–water partition coefficient (Wildman–Crippen LogP) is -0.200. The Labute approximate surface area is 153 Å². The molecule has 0 unspecified atom stereocenters. The first-order valence-electron chi connectivity index (χ1n) is 8.83. The number of piperidine rings is 1. The van der Waals surface area contributed by atoms with Crippen LogP contribution in [0, 0.1) is 0 Å². The molecule has 3 heterocycles. The highest BCUT2D eigenvalue weighted by Gasteiger charge is 2.40. The second kappa shape index (κ2) is 7.36. The molecule has 1 aromatic heterocycles. The average molecular weight is 383 g/mol. The van der Waals surface area contributed by atoms with Crippen LogP contribution < -0.4 is 4.90 Å². The van der Waals surface area contributed by atoms with Gasteiger partial charge >= 0.3 is 0 Å². The van der Waals surface area contributed by atoms with Gasteiger partial charge in [-0.3, -0.25) is 19.2 Å². The van der Waals surface area contributed by atoms with Gasteiger partial charge in [0.1, 0.15) is 11.9 Å². The Morgan fingerprint density at radius 2 is 1.96 bits per heavy atom. The lowest BCUT2D eigenvalue weighted by Crippen LogP contribution is -2.56. The van der Waals surface area contributed by atoms with E-state index in [1.807, 2.05) is 0 Å². The molecule has 1 atom stereocenters. The van der Waals surface area contributed by atoms with Crippen molar-refractivity contribution in [2.24, 2.45) is 7.05 Å². The van der Waals surface area contributed by atoms with E-state index in [1.54, 1.807) is 33.8 Å². The molecule has 0 spiro atoms. The quantitative estimate of drug-likeness (QED) is 0.702. The zero-order valence-corrected chi connectivity index (χ0v) is 16.0. The summed E-state index contributed by atoms with van der Waals surface area (Å²) in [5, 5.41) is 4.08. The van der Waals surface area contributed by atoms with Crippen molar-refractivity contribution in [2.75, 3.05) is 37.3 Å². The van der Waals surface area contributed by atoms with Crippen LogP contribution in [0.25, 0.3) is 0 Å². The van der Waals surface area contributed by atoms with Gasteiger partial charge in [-0.1, -0.05) is 0 Å². The van der Waals surface area contributed by atoms with E-state index < -0.39 is 16.1 Å². The molecule has 26 heavy (non-hydrogen) atoms. The lowest BCUT2D eigenvalue weighted by Gasteiger charge is -2.37. The number of carbonyl (C=O) groups is 2. The zero-order valence-electron chi connectivity index (χ0n) is 15.2. The number of carbonyl (C=O) groups excluding carboxylic acids is 2. The number of rotatable bonds is 5. The van der Waals surface area contributed by atoms with E-state index in [0.29, 0.717) is 38.3 Å². The van der Waals surface area contributed by atoms with E-state index in [2.05, 4.69) is 5.10 Å². The van der Waals surface area contributed by atoms with Gasteiger partial charge in [0.15, 0.2) is 0 Å². The van der Waals surface area contributed by atoms with Crippen LogP contribution in [0.3, 0.4) is 0 Å². The number of nitrogens with zero attached hydrogens (tertiary/aromatic N) is 5. The summed E-state index contributed by atoms with van der Waals surface area (Å²) in [4.78, 5) is 28.7. The molecule has 10 heteroatoms. The Morgan fingerprint density at radius 3 is 2.54 bits per heavy atom. The number of amides is 2. The first kappa shape index (κ1) is 18.8.